The van der Waals surface area contributed by atoms with E-state index < -0.39 is 105 Å². The molecule has 1 saturated heterocycles. The van der Waals surface area contributed by atoms with Crippen LogP contribution in [0.25, 0.3) is 11.1 Å². The number of benzene rings is 4. The number of anilines is 1. The maximum atomic E-state index is 14.7. The second kappa shape index (κ2) is 22.8. The Kier molecular flexibility index (Phi) is 16.6. The Morgan fingerprint density at radius 1 is 0.861 bits per heavy atom. The third kappa shape index (κ3) is 12.2. The van der Waals surface area contributed by atoms with Crippen LogP contribution in [-0.2, 0) is 45.3 Å². The van der Waals surface area contributed by atoms with Gasteiger partial charge in [0.1, 0.15) is 18.1 Å². The summed E-state index contributed by atoms with van der Waals surface area (Å²) in [5, 5.41) is 16.3. The lowest BCUT2D eigenvalue weighted by molar-refractivity contribution is -0.143. The molecule has 0 bridgehead atoms. The highest BCUT2D eigenvalue weighted by atomic mass is 35.5. The lowest BCUT2D eigenvalue weighted by atomic mass is 9.95. The summed E-state index contributed by atoms with van der Waals surface area (Å²) in [5.74, 6) is -8.90. The Bertz CT molecular complexity index is 3040. The average molecular weight is 1050 g/mol. The zero-order chi connectivity index (χ0) is 51.9. The molecule has 5 unspecified atom stereocenters. The van der Waals surface area contributed by atoms with Crippen LogP contribution in [-0.4, -0.2) is 114 Å². The van der Waals surface area contributed by atoms with Crippen LogP contribution >= 0.6 is 22.9 Å². The van der Waals surface area contributed by atoms with Gasteiger partial charge in [-0.05, 0) is 52.9 Å². The number of nitrogens with zero attached hydrogens (tertiary/aromatic N) is 3. The van der Waals surface area contributed by atoms with Crippen molar-refractivity contribution in [3.8, 4) is 11.1 Å². The van der Waals surface area contributed by atoms with E-state index in [1.54, 1.807) is 85.3 Å². The molecule has 6 amide bonds. The van der Waals surface area contributed by atoms with Crippen LogP contribution in [0.2, 0.25) is 5.02 Å². The number of rotatable bonds is 20. The zero-order valence-electron chi connectivity index (χ0n) is 38.2. The molecule has 1 fully saturated rings. The summed E-state index contributed by atoms with van der Waals surface area (Å²) in [7, 11) is -4.75. The van der Waals surface area contributed by atoms with Gasteiger partial charge in [0, 0.05) is 41.1 Å². The fourth-order valence-corrected chi connectivity index (χ4v) is 10.00. The number of halogens is 3. The average Bonchev–Trinajstić information content (AvgIpc) is 4.10. The fraction of sp³-hybridized carbons (Fsp3) is 0.292. The summed E-state index contributed by atoms with van der Waals surface area (Å²) < 4.78 is 60.8. The smallest absolute Gasteiger partial charge is 0.293 e. The second-order valence-corrected chi connectivity index (χ2v) is 20.0. The molecular formula is C48H45ClF2N8O11S2. The summed E-state index contributed by atoms with van der Waals surface area (Å²) >= 11 is 6.21. The molecule has 1 aliphatic carbocycles. The highest BCUT2D eigenvalue weighted by molar-refractivity contribution is 7.92. The SMILES string of the molecule is CCC(C)C(NC(=O)c1cccc2c1C(=O)c1ccccc1-2)C(=O)N1CC(OCc2ccccc2)CC1C(=O)NC(CC(F)F)C(=O)C(=O)NCC(=O)NS(=O)(=O)c1nnc(NC(=O)c2ccc(Cl)cc2)s1. The molecule has 72 heavy (non-hydrogen) atoms. The molecule has 4 aromatic carbocycles. The van der Waals surface area contributed by atoms with Crippen molar-refractivity contribution < 1.29 is 60.3 Å². The van der Waals surface area contributed by atoms with Crippen LogP contribution in [0.15, 0.2) is 101 Å². The number of fused-ring (bicyclic) bond motifs is 3. The van der Waals surface area contributed by atoms with Crippen molar-refractivity contribution in [2.45, 2.75) is 74.7 Å². The largest absolute Gasteiger partial charge is 0.372 e. The number of carbonyl (C=O) groups excluding carboxylic acids is 8. The number of ketones is 2. The van der Waals surface area contributed by atoms with Crippen molar-refractivity contribution >= 4 is 85.1 Å². The Balaban J connectivity index is 1.03. The summed E-state index contributed by atoms with van der Waals surface area (Å²) in [4.78, 5) is 109. The second-order valence-electron chi connectivity index (χ2n) is 16.7. The monoisotopic (exact) mass is 1050 g/mol. The van der Waals surface area contributed by atoms with Gasteiger partial charge in [0.05, 0.1) is 24.8 Å². The van der Waals surface area contributed by atoms with E-state index in [1.807, 2.05) is 5.32 Å². The summed E-state index contributed by atoms with van der Waals surface area (Å²) in [6, 6.07) is 21.3. The van der Waals surface area contributed by atoms with E-state index in [9.17, 15) is 55.6 Å². The van der Waals surface area contributed by atoms with Crippen LogP contribution in [0.3, 0.4) is 0 Å². The maximum absolute atomic E-state index is 14.7. The normalized spacial score (nSPS) is 16.2. The Labute approximate surface area is 419 Å². The Morgan fingerprint density at radius 3 is 2.24 bits per heavy atom. The standard InChI is InChI=1S/C48H45ClF2N8O11S2/c1-3-25(2)39(54-43(64)33-15-9-14-31-30-12-7-8-13-32(30)40(61)38(31)33)46(67)59-23-29(70-24-26-10-5-4-6-11-26)20-35(59)44(65)53-34(21-36(50)51)41(62)45(66)52-22-37(60)58-72(68,69)48-57-56-47(71-48)55-42(63)27-16-18-28(49)19-17-27/h4-19,25,29,34-36,39H,3,20-24H2,1-2H3,(H,52,66)(H,53,65)(H,54,64)(H,58,60)(H,55,56,63). The van der Waals surface area contributed by atoms with E-state index in [4.69, 9.17) is 16.3 Å². The molecule has 0 radical (unpaired) electrons. The van der Waals surface area contributed by atoms with Crippen molar-refractivity contribution in [1.29, 1.82) is 0 Å². The number of hydrogen-bond acceptors (Lipinski definition) is 14. The van der Waals surface area contributed by atoms with Crippen LogP contribution in [0, 0.1) is 5.92 Å². The van der Waals surface area contributed by atoms with Crippen molar-refractivity contribution in [2.24, 2.45) is 5.92 Å². The molecule has 2 heterocycles. The third-order valence-electron chi connectivity index (χ3n) is 11.8. The third-order valence-corrected chi connectivity index (χ3v) is 14.7. The van der Waals surface area contributed by atoms with Crippen molar-refractivity contribution in [3.05, 3.63) is 130 Å². The van der Waals surface area contributed by atoms with Crippen LogP contribution in [0.4, 0.5) is 13.9 Å². The van der Waals surface area contributed by atoms with Gasteiger partial charge in [-0.1, -0.05) is 110 Å². The molecule has 24 heteroatoms. The topological polar surface area (TPSA) is 269 Å². The molecule has 0 saturated carbocycles. The van der Waals surface area contributed by atoms with E-state index in [2.05, 4.69) is 26.1 Å². The van der Waals surface area contributed by atoms with E-state index in [0.717, 1.165) is 10.5 Å². The number of amides is 6. The molecule has 5 atom stereocenters. The molecule has 1 aliphatic heterocycles. The van der Waals surface area contributed by atoms with Gasteiger partial charge in [-0.15, -0.1) is 10.2 Å². The number of ether oxygens (including phenoxy) is 1. The first-order chi connectivity index (χ1) is 34.3. The summed E-state index contributed by atoms with van der Waals surface area (Å²) in [6.07, 6.45) is -5.32. The Hall–Kier alpha value is -7.34. The van der Waals surface area contributed by atoms with Crippen molar-refractivity contribution in [2.75, 3.05) is 18.4 Å². The van der Waals surface area contributed by atoms with Gasteiger partial charge in [0.15, 0.2) is 5.78 Å². The zero-order valence-corrected chi connectivity index (χ0v) is 40.6. The minimum absolute atomic E-state index is 0.0177. The number of nitrogens with one attached hydrogen (secondary N) is 5. The van der Waals surface area contributed by atoms with E-state index in [0.29, 0.717) is 39.5 Å². The molecule has 19 nitrogen and oxygen atoms in total. The number of Topliss-reactive ketones (excluding diaryl/α,β-unsaturated/α-hetero) is 1. The van der Waals surface area contributed by atoms with Crippen LogP contribution in [0.5, 0.6) is 0 Å². The highest BCUT2D eigenvalue weighted by Gasteiger charge is 2.45. The summed E-state index contributed by atoms with van der Waals surface area (Å²) in [6.45, 7) is 2.13. The molecule has 376 valence electrons. The lowest BCUT2D eigenvalue weighted by Gasteiger charge is -2.32. The quantitative estimate of drug-likeness (QED) is 0.0528. The highest BCUT2D eigenvalue weighted by Crippen LogP contribution is 2.38. The van der Waals surface area contributed by atoms with Gasteiger partial charge < -0.3 is 25.6 Å². The summed E-state index contributed by atoms with van der Waals surface area (Å²) in [5.41, 5.74) is 2.69. The van der Waals surface area contributed by atoms with Gasteiger partial charge in [-0.25, -0.2) is 13.5 Å². The van der Waals surface area contributed by atoms with E-state index in [-0.39, 0.29) is 47.2 Å². The van der Waals surface area contributed by atoms with E-state index >= 15 is 0 Å². The first-order valence-corrected chi connectivity index (χ1v) is 24.9. The van der Waals surface area contributed by atoms with Gasteiger partial charge >= 0.3 is 0 Å². The predicted molar refractivity (Wildman–Crippen MR) is 256 cm³/mol. The van der Waals surface area contributed by atoms with Crippen LogP contribution in [0.1, 0.15) is 75.3 Å². The predicted octanol–water partition coefficient (Wildman–Crippen LogP) is 4.32. The van der Waals surface area contributed by atoms with E-state index in [1.165, 1.54) is 30.3 Å². The van der Waals surface area contributed by atoms with Crippen LogP contribution < -0.4 is 26.0 Å². The minimum Gasteiger partial charge on any atom is -0.372 e. The molecule has 7 rings (SSSR count). The molecule has 1 aromatic heterocycles. The Morgan fingerprint density at radius 2 is 1.54 bits per heavy atom. The van der Waals surface area contributed by atoms with Crippen molar-refractivity contribution in [1.82, 2.24) is 35.8 Å². The van der Waals surface area contributed by atoms with Gasteiger partial charge in [0.2, 0.25) is 29.2 Å². The number of likely N-dealkylation sites (tertiary alicyclic amines) is 1. The molecule has 0 spiro atoms. The number of alkyl halides is 2. The van der Waals surface area contributed by atoms with Gasteiger partial charge in [-0.3, -0.25) is 43.7 Å². The first kappa shape index (κ1) is 52.5. The molecule has 2 aliphatic rings. The molecule has 5 aromatic rings. The minimum atomic E-state index is -4.75. The number of aromatic nitrogens is 2. The number of hydrogen-bond donors (Lipinski definition) is 5. The maximum Gasteiger partial charge on any atom is 0.293 e. The number of carbonyl (C=O) groups is 8. The molecule has 5 N–H and O–H groups in total. The van der Waals surface area contributed by atoms with Gasteiger partial charge in [-0.2, -0.15) is 8.42 Å². The first-order valence-electron chi connectivity index (χ1n) is 22.3. The lowest BCUT2D eigenvalue weighted by Crippen LogP contribution is -2.58. The van der Waals surface area contributed by atoms with Gasteiger partial charge in [0.25, 0.3) is 38.0 Å². The fourth-order valence-electron chi connectivity index (χ4n) is 7.99. The number of sulfonamides is 1. The van der Waals surface area contributed by atoms with Crippen molar-refractivity contribution in [3.63, 3.8) is 0 Å². The molecular weight excluding hydrogens is 1000 g/mol.